The van der Waals surface area contributed by atoms with Crippen LogP contribution in [-0.2, 0) is 19.1 Å². The van der Waals surface area contributed by atoms with Crippen LogP contribution in [0.1, 0.15) is 35.6 Å². The third kappa shape index (κ3) is 7.63. The average Bonchev–Trinajstić information content (AvgIpc) is 3.57. The highest BCUT2D eigenvalue weighted by Gasteiger charge is 2.39. The van der Waals surface area contributed by atoms with Crippen molar-refractivity contribution < 1.29 is 13.2 Å². The van der Waals surface area contributed by atoms with Crippen LogP contribution in [0.2, 0.25) is 5.15 Å². The maximum absolute atomic E-state index is 13.2. The number of benzene rings is 2. The lowest BCUT2D eigenvalue weighted by Crippen LogP contribution is -2.43. The van der Waals surface area contributed by atoms with E-state index in [1.54, 1.807) is 11.9 Å². The number of halogens is 4. The minimum absolute atomic E-state index is 0.149. The number of likely N-dealkylation sites (tertiary alicyclic amines) is 2. The Morgan fingerprint density at radius 1 is 1.02 bits per heavy atom. The van der Waals surface area contributed by atoms with Crippen molar-refractivity contribution in [3.63, 3.8) is 0 Å². The summed E-state index contributed by atoms with van der Waals surface area (Å²) >= 11 is 7.55. The number of hydrogen-bond donors (Lipinski definition) is 1. The number of piperazine rings is 1. The number of pyridine rings is 1. The average molecular weight is 657 g/mol. The molecule has 3 aliphatic heterocycles. The normalized spacial score (nSPS) is 21.3. The van der Waals surface area contributed by atoms with E-state index in [0.29, 0.717) is 32.2 Å². The van der Waals surface area contributed by atoms with Crippen LogP contribution in [-0.4, -0.2) is 78.0 Å². The first-order valence-corrected chi connectivity index (χ1v) is 16.7. The van der Waals surface area contributed by atoms with Crippen molar-refractivity contribution in [3.05, 3.63) is 88.6 Å². The Hall–Kier alpha value is -2.76. The lowest BCUT2D eigenvalue weighted by Gasteiger charge is -2.34. The van der Waals surface area contributed by atoms with Crippen molar-refractivity contribution in [2.75, 3.05) is 63.1 Å². The third-order valence-corrected chi connectivity index (χ3v) is 10.5. The fourth-order valence-corrected chi connectivity index (χ4v) is 7.91. The molecule has 1 N–H and O–H groups in total. The van der Waals surface area contributed by atoms with E-state index in [9.17, 15) is 13.2 Å². The number of anilines is 2. The first-order valence-electron chi connectivity index (χ1n) is 15.6. The highest BCUT2D eigenvalue weighted by molar-refractivity contribution is 7.97. The first-order chi connectivity index (χ1) is 21.6. The molecular weight excluding hydrogens is 617 g/mol. The van der Waals surface area contributed by atoms with Gasteiger partial charge in [0.05, 0.1) is 5.56 Å². The molecule has 0 amide bonds. The van der Waals surface area contributed by atoms with Crippen LogP contribution in [0.4, 0.5) is 24.7 Å². The van der Waals surface area contributed by atoms with Gasteiger partial charge in [0.15, 0.2) is 0 Å². The SMILES string of the molecule is C=C(Nc1ccc(SN2CCN(c3cc(C(F)(F)F)cc(Cl)n3)CC2)cc1)c1cc(CN2CCC3CN(C)CC32)ccc1CC. The van der Waals surface area contributed by atoms with Crippen molar-refractivity contribution in [1.82, 2.24) is 19.1 Å². The lowest BCUT2D eigenvalue weighted by atomic mass is 9.99. The number of rotatable bonds is 9. The molecule has 45 heavy (non-hydrogen) atoms. The summed E-state index contributed by atoms with van der Waals surface area (Å²) in [5.41, 5.74) is 4.88. The van der Waals surface area contributed by atoms with E-state index in [0.717, 1.165) is 53.8 Å². The molecule has 11 heteroatoms. The van der Waals surface area contributed by atoms with Gasteiger partial charge in [0.25, 0.3) is 0 Å². The minimum Gasteiger partial charge on any atom is -0.356 e. The number of nitrogens with zero attached hydrogens (tertiary/aromatic N) is 5. The number of fused-ring (bicyclic) bond motifs is 1. The second-order valence-corrected chi connectivity index (χ2v) is 13.9. The molecule has 2 atom stereocenters. The molecule has 6 nitrogen and oxygen atoms in total. The Bertz CT molecular complexity index is 1510. The summed E-state index contributed by atoms with van der Waals surface area (Å²) in [5.74, 6) is 1.06. The maximum Gasteiger partial charge on any atom is 0.416 e. The minimum atomic E-state index is -4.46. The Morgan fingerprint density at radius 3 is 2.49 bits per heavy atom. The number of hydrogen-bond acceptors (Lipinski definition) is 7. The summed E-state index contributed by atoms with van der Waals surface area (Å²) in [6.45, 7) is 13.6. The highest BCUT2D eigenvalue weighted by Crippen LogP contribution is 2.35. The molecular formula is C34H40ClF3N6S. The van der Waals surface area contributed by atoms with Crippen LogP contribution in [0.5, 0.6) is 0 Å². The van der Waals surface area contributed by atoms with Crippen LogP contribution in [0.15, 0.2) is 66.1 Å². The van der Waals surface area contributed by atoms with Crippen LogP contribution in [0.25, 0.3) is 5.70 Å². The van der Waals surface area contributed by atoms with Gasteiger partial charge < -0.3 is 15.1 Å². The topological polar surface area (TPSA) is 37.9 Å². The molecule has 240 valence electrons. The van der Waals surface area contributed by atoms with Crippen molar-refractivity contribution >= 4 is 40.8 Å². The molecule has 0 aliphatic carbocycles. The van der Waals surface area contributed by atoms with E-state index in [1.807, 2.05) is 4.90 Å². The zero-order valence-corrected chi connectivity index (χ0v) is 27.4. The van der Waals surface area contributed by atoms with Gasteiger partial charge in [-0.2, -0.15) is 13.2 Å². The van der Waals surface area contributed by atoms with E-state index in [1.165, 1.54) is 36.2 Å². The summed E-state index contributed by atoms with van der Waals surface area (Å²) in [6, 6.07) is 17.7. The highest BCUT2D eigenvalue weighted by atomic mass is 35.5. The van der Waals surface area contributed by atoms with Gasteiger partial charge in [-0.15, -0.1) is 0 Å². The molecule has 1 aromatic heterocycles. The smallest absolute Gasteiger partial charge is 0.356 e. The zero-order chi connectivity index (χ0) is 31.7. The van der Waals surface area contributed by atoms with Crippen molar-refractivity contribution in [3.8, 4) is 0 Å². The fourth-order valence-electron chi connectivity index (χ4n) is 6.81. The Kier molecular flexibility index (Phi) is 9.68. The predicted molar refractivity (Wildman–Crippen MR) is 179 cm³/mol. The summed E-state index contributed by atoms with van der Waals surface area (Å²) in [4.78, 5) is 12.2. The van der Waals surface area contributed by atoms with Crippen molar-refractivity contribution in [2.45, 2.75) is 43.4 Å². The molecule has 3 aliphatic rings. The lowest BCUT2D eigenvalue weighted by molar-refractivity contribution is -0.137. The number of aryl methyl sites for hydroxylation is 1. The van der Waals surface area contributed by atoms with E-state index >= 15 is 0 Å². The third-order valence-electron chi connectivity index (χ3n) is 9.17. The van der Waals surface area contributed by atoms with Gasteiger partial charge in [-0.05, 0) is 97.9 Å². The Morgan fingerprint density at radius 2 is 1.78 bits per heavy atom. The van der Waals surface area contributed by atoms with E-state index < -0.39 is 11.7 Å². The molecule has 2 unspecified atom stereocenters. The number of likely N-dealkylation sites (N-methyl/N-ethyl adjacent to an activating group) is 1. The van der Waals surface area contributed by atoms with Gasteiger partial charge in [0.1, 0.15) is 11.0 Å². The molecule has 0 saturated carbocycles. The molecule has 4 heterocycles. The Balaban J connectivity index is 1.03. The summed E-state index contributed by atoms with van der Waals surface area (Å²) < 4.78 is 41.9. The van der Waals surface area contributed by atoms with Crippen molar-refractivity contribution in [2.24, 2.45) is 5.92 Å². The fraction of sp³-hybridized carbons (Fsp3) is 0.441. The van der Waals surface area contributed by atoms with Crippen LogP contribution in [0.3, 0.4) is 0 Å². The molecule has 3 fully saturated rings. The number of nitrogens with one attached hydrogen (secondary N) is 1. The standard InChI is InChI=1S/C34H40ClF3N6S/c1-4-25-6-5-24(20-43-12-11-26-21-41(3)22-31(26)43)17-30(25)23(2)39-28-7-9-29(10-8-28)45-44-15-13-42(14-16-44)33-19-27(34(36,37)38)18-32(35)40-33/h5-10,17-19,26,31,39H,2,4,11-16,20-22H2,1,3H3. The predicted octanol–water partition coefficient (Wildman–Crippen LogP) is 7.36. The number of alkyl halides is 3. The van der Waals surface area contributed by atoms with Gasteiger partial charge in [-0.1, -0.05) is 37.2 Å². The first kappa shape index (κ1) is 32.2. The zero-order valence-electron chi connectivity index (χ0n) is 25.8. The van der Waals surface area contributed by atoms with E-state index in [-0.39, 0.29) is 11.0 Å². The summed E-state index contributed by atoms with van der Waals surface area (Å²) in [7, 11) is 2.23. The largest absolute Gasteiger partial charge is 0.416 e. The molecule has 2 aromatic carbocycles. The Labute approximate surface area is 273 Å². The van der Waals surface area contributed by atoms with Gasteiger partial charge in [-0.25, -0.2) is 9.29 Å². The molecule has 0 spiro atoms. The summed E-state index contributed by atoms with van der Waals surface area (Å²) in [6.07, 6.45) is -2.23. The number of aromatic nitrogens is 1. The van der Waals surface area contributed by atoms with Gasteiger partial charge in [-0.3, -0.25) is 4.90 Å². The van der Waals surface area contributed by atoms with E-state index in [2.05, 4.69) is 87.4 Å². The molecule has 3 aromatic rings. The molecule has 0 bridgehead atoms. The van der Waals surface area contributed by atoms with Gasteiger partial charge in [0, 0.05) is 73.7 Å². The maximum atomic E-state index is 13.2. The molecule has 0 radical (unpaired) electrons. The second-order valence-electron chi connectivity index (χ2n) is 12.3. The van der Waals surface area contributed by atoms with Crippen LogP contribution < -0.4 is 10.2 Å². The quantitative estimate of drug-likeness (QED) is 0.191. The van der Waals surface area contributed by atoms with Crippen molar-refractivity contribution in [1.29, 1.82) is 0 Å². The van der Waals surface area contributed by atoms with Gasteiger partial charge in [0.2, 0.25) is 0 Å². The molecule has 3 saturated heterocycles. The van der Waals surface area contributed by atoms with E-state index in [4.69, 9.17) is 11.6 Å². The second kappa shape index (κ2) is 13.5. The van der Waals surface area contributed by atoms with Gasteiger partial charge >= 0.3 is 6.18 Å². The molecule has 6 rings (SSSR count). The van der Waals surface area contributed by atoms with Crippen LogP contribution >= 0.6 is 23.5 Å². The monoisotopic (exact) mass is 656 g/mol. The van der Waals surface area contributed by atoms with Crippen LogP contribution in [0, 0.1) is 5.92 Å². The summed E-state index contributed by atoms with van der Waals surface area (Å²) in [5, 5.41) is 3.38.